The smallest absolute Gasteiger partial charge is 0.133 e. The minimum absolute atomic E-state index is 0.205. The molecule has 0 fully saturated rings. The lowest BCUT2D eigenvalue weighted by Crippen LogP contribution is -2.09. The molecule has 4 heteroatoms. The van der Waals surface area contributed by atoms with Crippen LogP contribution in [-0.2, 0) is 0 Å². The van der Waals surface area contributed by atoms with E-state index in [4.69, 9.17) is 4.74 Å². The molecule has 1 unspecified atom stereocenters. The largest absolute Gasteiger partial charge is 0.508 e. The maximum atomic E-state index is 9.35. The van der Waals surface area contributed by atoms with Crippen LogP contribution in [0, 0.1) is 0 Å². The van der Waals surface area contributed by atoms with Crippen LogP contribution in [0.15, 0.2) is 46.9 Å². The Bertz CT molecular complexity index is 569. The molecule has 0 heterocycles. The maximum Gasteiger partial charge on any atom is 0.133 e. The number of hydrogen-bond acceptors (Lipinski definition) is 3. The van der Waals surface area contributed by atoms with Crippen LogP contribution in [0.4, 0.5) is 5.69 Å². The van der Waals surface area contributed by atoms with Gasteiger partial charge in [0.15, 0.2) is 0 Å². The number of phenolic OH excluding ortho intramolecular Hbond substituents is 1. The van der Waals surface area contributed by atoms with Gasteiger partial charge in [-0.05, 0) is 58.2 Å². The first-order valence-corrected chi connectivity index (χ1v) is 7.32. The third kappa shape index (κ3) is 3.45. The van der Waals surface area contributed by atoms with Crippen LogP contribution < -0.4 is 10.1 Å². The molecule has 0 aromatic heterocycles. The zero-order valence-electron chi connectivity index (χ0n) is 11.6. The first-order valence-electron chi connectivity index (χ1n) is 6.53. The summed E-state index contributed by atoms with van der Waals surface area (Å²) in [5, 5.41) is 12.8. The highest BCUT2D eigenvalue weighted by Gasteiger charge is 2.10. The molecule has 2 aromatic rings. The zero-order chi connectivity index (χ0) is 14.5. The van der Waals surface area contributed by atoms with Gasteiger partial charge in [-0.3, -0.25) is 0 Å². The second-order valence-electron chi connectivity index (χ2n) is 4.55. The van der Waals surface area contributed by atoms with Crippen LogP contribution in [0.3, 0.4) is 0 Å². The summed E-state index contributed by atoms with van der Waals surface area (Å²) in [6.45, 7) is 2.13. The highest BCUT2D eigenvalue weighted by Crippen LogP contribution is 2.30. The molecule has 0 aliphatic carbocycles. The molecule has 0 saturated carbocycles. The third-order valence-corrected chi connectivity index (χ3v) is 3.82. The van der Waals surface area contributed by atoms with Crippen molar-refractivity contribution in [1.29, 1.82) is 0 Å². The third-order valence-electron chi connectivity index (χ3n) is 3.20. The van der Waals surface area contributed by atoms with Gasteiger partial charge in [0.1, 0.15) is 11.5 Å². The number of aromatic hydroxyl groups is 1. The van der Waals surface area contributed by atoms with Crippen LogP contribution in [0.25, 0.3) is 0 Å². The van der Waals surface area contributed by atoms with E-state index in [1.807, 2.05) is 30.3 Å². The lowest BCUT2D eigenvalue weighted by Gasteiger charge is -2.19. The van der Waals surface area contributed by atoms with Gasteiger partial charge in [-0.15, -0.1) is 0 Å². The molecule has 0 bridgehead atoms. The fourth-order valence-electron chi connectivity index (χ4n) is 2.09. The minimum Gasteiger partial charge on any atom is -0.508 e. The molecule has 2 aromatic carbocycles. The van der Waals surface area contributed by atoms with Gasteiger partial charge in [0, 0.05) is 5.69 Å². The predicted molar refractivity (Wildman–Crippen MR) is 85.5 cm³/mol. The van der Waals surface area contributed by atoms with E-state index in [0.717, 1.165) is 27.9 Å². The lowest BCUT2D eigenvalue weighted by atomic mass is 10.0. The van der Waals surface area contributed by atoms with E-state index in [1.54, 1.807) is 19.2 Å². The molecule has 0 saturated heterocycles. The predicted octanol–water partition coefficient (Wildman–Crippen LogP) is 4.73. The van der Waals surface area contributed by atoms with Crippen molar-refractivity contribution in [1.82, 2.24) is 0 Å². The molecule has 2 rings (SSSR count). The van der Waals surface area contributed by atoms with Gasteiger partial charge < -0.3 is 15.2 Å². The fraction of sp³-hybridized carbons (Fsp3) is 0.250. The van der Waals surface area contributed by atoms with E-state index in [9.17, 15) is 5.11 Å². The Morgan fingerprint density at radius 1 is 1.20 bits per heavy atom. The topological polar surface area (TPSA) is 41.5 Å². The van der Waals surface area contributed by atoms with Crippen LogP contribution in [0.1, 0.15) is 24.9 Å². The van der Waals surface area contributed by atoms with Gasteiger partial charge in [0.2, 0.25) is 0 Å². The minimum atomic E-state index is 0.205. The molecule has 1 atom stereocenters. The first-order chi connectivity index (χ1) is 9.63. The summed E-state index contributed by atoms with van der Waals surface area (Å²) in [6, 6.07) is 13.4. The van der Waals surface area contributed by atoms with Crippen molar-refractivity contribution in [2.45, 2.75) is 19.4 Å². The number of phenols is 1. The number of nitrogens with one attached hydrogen (secondary N) is 1. The summed E-state index contributed by atoms with van der Waals surface area (Å²) in [7, 11) is 1.65. The number of ether oxygens (including phenoxy) is 1. The first kappa shape index (κ1) is 14.7. The van der Waals surface area contributed by atoms with Crippen molar-refractivity contribution in [3.05, 3.63) is 52.5 Å². The molecule has 0 amide bonds. The second kappa shape index (κ2) is 6.66. The molecule has 0 radical (unpaired) electrons. The van der Waals surface area contributed by atoms with Crippen molar-refractivity contribution in [2.75, 3.05) is 12.4 Å². The quantitative estimate of drug-likeness (QED) is 0.830. The van der Waals surface area contributed by atoms with E-state index < -0.39 is 0 Å². The number of benzene rings is 2. The fourth-order valence-corrected chi connectivity index (χ4v) is 2.63. The Kier molecular flexibility index (Phi) is 4.90. The summed E-state index contributed by atoms with van der Waals surface area (Å²) in [4.78, 5) is 0. The SMILES string of the molecule is CCC(Nc1ccc(OC)c(Br)c1)c1ccc(O)cc1. The average molecular weight is 336 g/mol. The Hall–Kier alpha value is -1.68. The number of anilines is 1. The van der Waals surface area contributed by atoms with E-state index in [-0.39, 0.29) is 11.8 Å². The van der Waals surface area contributed by atoms with Gasteiger partial charge in [-0.1, -0.05) is 19.1 Å². The molecule has 106 valence electrons. The van der Waals surface area contributed by atoms with Crippen LogP contribution in [-0.4, -0.2) is 12.2 Å². The van der Waals surface area contributed by atoms with Gasteiger partial charge >= 0.3 is 0 Å². The van der Waals surface area contributed by atoms with Crippen molar-refractivity contribution in [3.63, 3.8) is 0 Å². The number of hydrogen-bond donors (Lipinski definition) is 2. The summed E-state index contributed by atoms with van der Waals surface area (Å²) in [5.74, 6) is 1.10. The van der Waals surface area contributed by atoms with E-state index >= 15 is 0 Å². The standard InChI is InChI=1S/C16H18BrNO2/c1-3-15(11-4-7-13(19)8-5-11)18-12-6-9-16(20-2)14(17)10-12/h4-10,15,18-19H,3H2,1-2H3. The number of rotatable bonds is 5. The van der Waals surface area contributed by atoms with Crippen LogP contribution in [0.2, 0.25) is 0 Å². The van der Waals surface area contributed by atoms with Gasteiger partial charge in [0.05, 0.1) is 17.6 Å². The molecule has 0 aliphatic heterocycles. The van der Waals surface area contributed by atoms with Crippen molar-refractivity contribution >= 4 is 21.6 Å². The summed E-state index contributed by atoms with van der Waals surface area (Å²) < 4.78 is 6.15. The normalized spacial score (nSPS) is 11.9. The molecule has 3 nitrogen and oxygen atoms in total. The van der Waals surface area contributed by atoms with E-state index in [1.165, 1.54) is 0 Å². The molecular weight excluding hydrogens is 318 g/mol. The highest BCUT2D eigenvalue weighted by molar-refractivity contribution is 9.10. The average Bonchev–Trinajstić information content (AvgIpc) is 2.46. The highest BCUT2D eigenvalue weighted by atomic mass is 79.9. The summed E-state index contributed by atoms with van der Waals surface area (Å²) in [6.07, 6.45) is 0.953. The summed E-state index contributed by atoms with van der Waals surface area (Å²) >= 11 is 3.49. The Labute approximate surface area is 127 Å². The second-order valence-corrected chi connectivity index (χ2v) is 5.40. The van der Waals surface area contributed by atoms with Gasteiger partial charge in [-0.2, -0.15) is 0 Å². The molecule has 20 heavy (non-hydrogen) atoms. The molecule has 0 aliphatic rings. The Balaban J connectivity index is 2.17. The van der Waals surface area contributed by atoms with Crippen molar-refractivity contribution in [3.8, 4) is 11.5 Å². The molecule has 2 N–H and O–H groups in total. The van der Waals surface area contributed by atoms with Crippen molar-refractivity contribution < 1.29 is 9.84 Å². The molecular formula is C16H18BrNO2. The number of halogens is 1. The van der Waals surface area contributed by atoms with Gasteiger partial charge in [-0.25, -0.2) is 0 Å². The lowest BCUT2D eigenvalue weighted by molar-refractivity contribution is 0.412. The summed E-state index contributed by atoms with van der Waals surface area (Å²) in [5.41, 5.74) is 2.18. The molecule has 0 spiro atoms. The number of methoxy groups -OCH3 is 1. The van der Waals surface area contributed by atoms with Crippen LogP contribution >= 0.6 is 15.9 Å². The van der Waals surface area contributed by atoms with Crippen LogP contribution in [0.5, 0.6) is 11.5 Å². The maximum absolute atomic E-state index is 9.35. The Morgan fingerprint density at radius 2 is 1.90 bits per heavy atom. The van der Waals surface area contributed by atoms with Gasteiger partial charge in [0.25, 0.3) is 0 Å². The van der Waals surface area contributed by atoms with E-state index in [0.29, 0.717) is 0 Å². The van der Waals surface area contributed by atoms with E-state index in [2.05, 4.69) is 28.2 Å². The zero-order valence-corrected chi connectivity index (χ0v) is 13.1. The monoisotopic (exact) mass is 335 g/mol. The van der Waals surface area contributed by atoms with Crippen molar-refractivity contribution in [2.24, 2.45) is 0 Å². The Morgan fingerprint density at radius 3 is 2.45 bits per heavy atom.